The highest BCUT2D eigenvalue weighted by atomic mass is 19.1. The van der Waals surface area contributed by atoms with Crippen LogP contribution in [0.4, 0.5) is 15.8 Å². The molecule has 156 valence electrons. The van der Waals surface area contributed by atoms with E-state index in [0.29, 0.717) is 0 Å². The molecule has 0 spiro atoms. The van der Waals surface area contributed by atoms with Crippen LogP contribution in [0.2, 0.25) is 0 Å². The van der Waals surface area contributed by atoms with E-state index in [9.17, 15) is 19.3 Å². The third-order valence-corrected chi connectivity index (χ3v) is 5.10. The van der Waals surface area contributed by atoms with E-state index in [1.165, 1.54) is 30.5 Å². The molecule has 3 rings (SSSR count). The lowest BCUT2D eigenvalue weighted by molar-refractivity contribution is -0.384. The van der Waals surface area contributed by atoms with Gasteiger partial charge in [-0.3, -0.25) is 14.9 Å². The number of non-ortho nitro benzene ring substituents is 1. The number of carbonyl (C=O) groups is 1. The summed E-state index contributed by atoms with van der Waals surface area (Å²) in [5.74, 6) is -1.07. The average molecular weight is 410 g/mol. The van der Waals surface area contributed by atoms with Crippen LogP contribution in [-0.2, 0) is 0 Å². The van der Waals surface area contributed by atoms with Gasteiger partial charge in [0, 0.05) is 41.1 Å². The van der Waals surface area contributed by atoms with Crippen molar-refractivity contribution >= 4 is 29.1 Å². The maximum absolute atomic E-state index is 14.7. The van der Waals surface area contributed by atoms with Gasteiger partial charge in [-0.2, -0.15) is 5.10 Å². The lowest BCUT2D eigenvalue weighted by Crippen LogP contribution is -2.45. The molecule has 2 aromatic carbocycles. The van der Waals surface area contributed by atoms with Crippen LogP contribution >= 0.6 is 0 Å². The molecule has 1 aliphatic rings. The Morgan fingerprint density at radius 2 is 2.07 bits per heavy atom. The number of carbonyl (C=O) groups excluding carboxylic acids is 1. The molecule has 0 aliphatic carbocycles. The van der Waals surface area contributed by atoms with Crippen molar-refractivity contribution in [3.05, 3.63) is 75.1 Å². The first-order valence-electron chi connectivity index (χ1n) is 9.53. The number of fused-ring (bicyclic) bond motifs is 1. The van der Waals surface area contributed by atoms with E-state index in [1.54, 1.807) is 6.07 Å². The van der Waals surface area contributed by atoms with E-state index in [2.05, 4.69) is 35.4 Å². The Labute approximate surface area is 174 Å². The first-order valence-corrected chi connectivity index (χ1v) is 9.53. The average Bonchev–Trinajstić information content (AvgIpc) is 2.68. The van der Waals surface area contributed by atoms with Crippen LogP contribution in [0.15, 0.2) is 47.6 Å². The Morgan fingerprint density at radius 3 is 2.73 bits per heavy atom. The molecule has 1 heterocycles. The van der Waals surface area contributed by atoms with Crippen LogP contribution in [0.3, 0.4) is 0 Å². The fraction of sp³-hybridized carbons (Fsp3) is 0.273. The molecule has 0 atom stereocenters. The Bertz CT molecular complexity index is 1080. The smallest absolute Gasteiger partial charge is 0.271 e. The summed E-state index contributed by atoms with van der Waals surface area (Å²) in [4.78, 5) is 24.6. The molecule has 0 aromatic heterocycles. The number of amides is 1. The van der Waals surface area contributed by atoms with Crippen LogP contribution < -0.4 is 10.3 Å². The third-order valence-electron chi connectivity index (χ3n) is 5.10. The summed E-state index contributed by atoms with van der Waals surface area (Å²) in [6.07, 6.45) is 3.37. The van der Waals surface area contributed by atoms with Crippen molar-refractivity contribution in [2.45, 2.75) is 33.2 Å². The zero-order valence-corrected chi connectivity index (χ0v) is 17.3. The quantitative estimate of drug-likeness (QED) is 0.446. The van der Waals surface area contributed by atoms with Gasteiger partial charge in [0.1, 0.15) is 5.82 Å². The predicted molar refractivity (Wildman–Crippen MR) is 115 cm³/mol. The second-order valence-corrected chi connectivity index (χ2v) is 7.62. The van der Waals surface area contributed by atoms with Gasteiger partial charge in [-0.15, -0.1) is 0 Å². The number of nitrogens with one attached hydrogen (secondary N) is 1. The third kappa shape index (κ3) is 4.07. The molecule has 0 radical (unpaired) electrons. The summed E-state index contributed by atoms with van der Waals surface area (Å²) < 4.78 is 14.7. The summed E-state index contributed by atoms with van der Waals surface area (Å²) in [5.41, 5.74) is 4.95. The lowest BCUT2D eigenvalue weighted by atomic mass is 9.88. The van der Waals surface area contributed by atoms with Gasteiger partial charge in [0.15, 0.2) is 0 Å². The lowest BCUT2D eigenvalue weighted by Gasteiger charge is -2.42. The van der Waals surface area contributed by atoms with Gasteiger partial charge in [-0.25, -0.2) is 9.82 Å². The van der Waals surface area contributed by atoms with Gasteiger partial charge < -0.3 is 4.90 Å². The van der Waals surface area contributed by atoms with E-state index in [-0.39, 0.29) is 22.4 Å². The minimum absolute atomic E-state index is 0.0897. The van der Waals surface area contributed by atoms with E-state index >= 15 is 0 Å². The van der Waals surface area contributed by atoms with Crippen LogP contribution in [0, 0.1) is 15.9 Å². The van der Waals surface area contributed by atoms with E-state index in [0.717, 1.165) is 29.4 Å². The fourth-order valence-electron chi connectivity index (χ4n) is 3.78. The minimum Gasteiger partial charge on any atom is -0.363 e. The van der Waals surface area contributed by atoms with Crippen molar-refractivity contribution in [2.75, 3.05) is 11.4 Å². The van der Waals surface area contributed by atoms with Crippen molar-refractivity contribution in [2.24, 2.45) is 5.10 Å². The molecule has 1 amide bonds. The fourth-order valence-corrected chi connectivity index (χ4v) is 3.78. The van der Waals surface area contributed by atoms with E-state index in [4.69, 9.17) is 0 Å². The molecule has 30 heavy (non-hydrogen) atoms. The summed E-state index contributed by atoms with van der Waals surface area (Å²) in [6, 6.07) is 8.49. The topological polar surface area (TPSA) is 87.8 Å². The Hall–Kier alpha value is -3.55. The highest BCUT2D eigenvalue weighted by molar-refractivity contribution is 5.95. The number of hydrogen-bond donors (Lipinski definition) is 1. The molecular formula is C22H23FN4O3. The normalized spacial score (nSPS) is 15.0. The first-order chi connectivity index (χ1) is 14.1. The van der Waals surface area contributed by atoms with Crippen molar-refractivity contribution in [3.8, 4) is 0 Å². The molecule has 2 aromatic rings. The van der Waals surface area contributed by atoms with Crippen molar-refractivity contribution < 1.29 is 14.1 Å². The monoisotopic (exact) mass is 410 g/mol. The molecule has 0 unspecified atom stereocenters. The number of nitro benzene ring substituents is 1. The molecule has 1 N–H and O–H groups in total. The molecule has 1 aliphatic heterocycles. The number of likely N-dealkylation sites (N-methyl/N-ethyl adjacent to an activating group) is 1. The van der Waals surface area contributed by atoms with Gasteiger partial charge >= 0.3 is 0 Å². The van der Waals surface area contributed by atoms with Gasteiger partial charge in [-0.1, -0.05) is 12.1 Å². The number of rotatable bonds is 5. The highest BCUT2D eigenvalue weighted by Crippen LogP contribution is 2.39. The molecule has 7 nitrogen and oxygen atoms in total. The maximum atomic E-state index is 14.7. The molecular weight excluding hydrogens is 387 g/mol. The van der Waals surface area contributed by atoms with Crippen LogP contribution in [-0.4, -0.2) is 29.1 Å². The number of allylic oxidation sites excluding steroid dienone is 1. The molecule has 8 heteroatoms. The number of anilines is 1. The van der Waals surface area contributed by atoms with Crippen LogP contribution in [0.1, 0.15) is 49.2 Å². The SMILES string of the molecule is CCN1c2cc(F)c(/C=N\NC(=O)c3cccc([N+](=O)[O-])c3)cc2C(C)=CC1(C)C. The second kappa shape index (κ2) is 8.06. The van der Waals surface area contributed by atoms with Crippen LogP contribution in [0.25, 0.3) is 5.57 Å². The number of halogens is 1. The number of benzene rings is 2. The Morgan fingerprint density at radius 1 is 1.33 bits per heavy atom. The van der Waals surface area contributed by atoms with Gasteiger partial charge in [0.25, 0.3) is 11.6 Å². The summed E-state index contributed by atoms with van der Waals surface area (Å²) in [6.45, 7) is 8.91. The van der Waals surface area contributed by atoms with Crippen LogP contribution in [0.5, 0.6) is 0 Å². The van der Waals surface area contributed by atoms with E-state index in [1.807, 2.05) is 13.8 Å². The van der Waals surface area contributed by atoms with E-state index < -0.39 is 16.6 Å². The second-order valence-electron chi connectivity index (χ2n) is 7.62. The number of nitrogens with zero attached hydrogens (tertiary/aromatic N) is 3. The first kappa shape index (κ1) is 21.2. The maximum Gasteiger partial charge on any atom is 0.271 e. The molecule has 0 fully saturated rings. The number of hydrogen-bond acceptors (Lipinski definition) is 5. The highest BCUT2D eigenvalue weighted by Gasteiger charge is 2.30. The number of nitro groups is 1. The summed E-state index contributed by atoms with van der Waals surface area (Å²) in [7, 11) is 0. The molecule has 0 bridgehead atoms. The standard InChI is InChI=1S/C22H23FN4O3/c1-5-26-20-11-19(23)16(10-18(20)14(2)12-22(26,3)4)13-24-25-21(28)15-7-6-8-17(9-15)27(29)30/h6-13H,5H2,1-4H3,(H,25,28)/b24-13-. The zero-order valence-electron chi connectivity index (χ0n) is 17.3. The minimum atomic E-state index is -0.622. The van der Waals surface area contributed by atoms with Crippen molar-refractivity contribution in [3.63, 3.8) is 0 Å². The van der Waals surface area contributed by atoms with Gasteiger partial charge in [0.05, 0.1) is 16.7 Å². The van der Waals surface area contributed by atoms with Crippen molar-refractivity contribution in [1.82, 2.24) is 5.43 Å². The summed E-state index contributed by atoms with van der Waals surface area (Å²) in [5, 5.41) is 14.7. The van der Waals surface area contributed by atoms with Gasteiger partial charge in [0.2, 0.25) is 0 Å². The Kier molecular flexibility index (Phi) is 5.69. The van der Waals surface area contributed by atoms with Crippen molar-refractivity contribution in [1.29, 1.82) is 0 Å². The largest absolute Gasteiger partial charge is 0.363 e. The van der Waals surface area contributed by atoms with Gasteiger partial charge in [-0.05, 0) is 51.5 Å². The molecule has 0 saturated heterocycles. The number of hydrazone groups is 1. The zero-order chi connectivity index (χ0) is 22.1. The Balaban J connectivity index is 1.84. The summed E-state index contributed by atoms with van der Waals surface area (Å²) >= 11 is 0. The predicted octanol–water partition coefficient (Wildman–Crippen LogP) is 4.52. The molecule has 0 saturated carbocycles.